The third-order valence-corrected chi connectivity index (χ3v) is 6.41. The van der Waals surface area contributed by atoms with Crippen molar-refractivity contribution in [3.05, 3.63) is 65.0 Å². The number of benzene rings is 2. The summed E-state index contributed by atoms with van der Waals surface area (Å²) in [5.74, 6) is -0.783. The number of halogens is 1. The Morgan fingerprint density at radius 1 is 1.21 bits per heavy atom. The van der Waals surface area contributed by atoms with E-state index in [9.17, 15) is 18.8 Å². The highest BCUT2D eigenvalue weighted by Crippen LogP contribution is 2.35. The fourth-order valence-corrected chi connectivity index (χ4v) is 4.48. The van der Waals surface area contributed by atoms with Crippen LogP contribution in [0.25, 0.3) is 0 Å². The number of hydrogen-bond acceptors (Lipinski definition) is 6. The van der Waals surface area contributed by atoms with Crippen LogP contribution in [0.1, 0.15) is 46.7 Å². The number of cyclic esters (lactones) is 1. The van der Waals surface area contributed by atoms with Gasteiger partial charge >= 0.3 is 6.09 Å². The lowest BCUT2D eigenvalue weighted by Crippen LogP contribution is -2.35. The Labute approximate surface area is 202 Å². The molecule has 2 atom stereocenters. The molecule has 2 fully saturated rings. The van der Waals surface area contributed by atoms with E-state index in [1.165, 1.54) is 16.3 Å². The molecule has 7 nitrogen and oxygen atoms in total. The van der Waals surface area contributed by atoms with Crippen molar-refractivity contribution in [2.75, 3.05) is 31.1 Å². The Hall–Kier alpha value is -3.17. The molecule has 2 N–H and O–H groups in total. The second-order valence-electron chi connectivity index (χ2n) is 8.45. The monoisotopic (exact) mass is 483 g/mol. The summed E-state index contributed by atoms with van der Waals surface area (Å²) in [6.07, 6.45) is -0.229. The zero-order valence-corrected chi connectivity index (χ0v) is 19.4. The Balaban J connectivity index is 1.29. The molecular formula is C25H26FN3O4S. The second kappa shape index (κ2) is 10.8. The third kappa shape index (κ3) is 5.48. The number of nitrogens with zero attached hydrogens (tertiary/aromatic N) is 1. The average molecular weight is 484 g/mol. The number of thiocarbonyl (C=S) groups is 1. The van der Waals surface area contributed by atoms with Crippen LogP contribution in [0.4, 0.5) is 14.9 Å². The molecule has 9 heteroatoms. The van der Waals surface area contributed by atoms with Crippen molar-refractivity contribution in [2.24, 2.45) is 0 Å². The maximum Gasteiger partial charge on any atom is 0.414 e. The Morgan fingerprint density at radius 3 is 2.71 bits per heavy atom. The van der Waals surface area contributed by atoms with Crippen LogP contribution >= 0.6 is 12.2 Å². The molecule has 0 aliphatic carbocycles. The van der Waals surface area contributed by atoms with E-state index in [0.29, 0.717) is 23.4 Å². The normalized spacial score (nSPS) is 19.7. The number of ether oxygens (including phenoxy) is 1. The van der Waals surface area contributed by atoms with Crippen LogP contribution in [0.3, 0.4) is 0 Å². The van der Waals surface area contributed by atoms with Gasteiger partial charge in [-0.1, -0.05) is 42.5 Å². The van der Waals surface area contributed by atoms with Gasteiger partial charge in [-0.3, -0.25) is 14.5 Å². The first-order valence-corrected chi connectivity index (χ1v) is 11.8. The predicted molar refractivity (Wildman–Crippen MR) is 130 cm³/mol. The molecule has 2 aliphatic rings. The van der Waals surface area contributed by atoms with Gasteiger partial charge in [-0.2, -0.15) is 0 Å². The fraction of sp³-hybridized carbons (Fsp3) is 0.360. The zero-order valence-electron chi connectivity index (χ0n) is 18.6. The van der Waals surface area contributed by atoms with Crippen molar-refractivity contribution in [1.82, 2.24) is 10.6 Å². The number of anilines is 1. The third-order valence-electron chi connectivity index (χ3n) is 6.14. The van der Waals surface area contributed by atoms with Gasteiger partial charge in [0, 0.05) is 41.8 Å². The SMILES string of the molecule is O=C(CCC(=O)c1ccc(C=S)cc1)NC[C@H]1CN(c2cccc(F)c2C2CCNC2)C(=O)O1. The average Bonchev–Trinajstić information content (AvgIpc) is 3.51. The molecule has 34 heavy (non-hydrogen) atoms. The topological polar surface area (TPSA) is 87.7 Å². The first-order chi connectivity index (χ1) is 16.5. The van der Waals surface area contributed by atoms with Crippen LogP contribution in [-0.4, -0.2) is 55.4 Å². The molecule has 0 saturated carbocycles. The van der Waals surface area contributed by atoms with Crippen LogP contribution in [-0.2, 0) is 9.53 Å². The minimum atomic E-state index is -0.563. The highest BCUT2D eigenvalue weighted by atomic mass is 32.1. The summed E-state index contributed by atoms with van der Waals surface area (Å²) in [6.45, 7) is 1.79. The van der Waals surface area contributed by atoms with Gasteiger partial charge < -0.3 is 15.4 Å². The molecule has 2 aromatic rings. The molecule has 2 aromatic carbocycles. The summed E-state index contributed by atoms with van der Waals surface area (Å²) in [5.41, 5.74) is 2.40. The van der Waals surface area contributed by atoms with E-state index in [1.54, 1.807) is 36.4 Å². The molecule has 0 spiro atoms. The molecule has 178 valence electrons. The molecule has 0 aromatic heterocycles. The Kier molecular flexibility index (Phi) is 7.64. The summed E-state index contributed by atoms with van der Waals surface area (Å²) >= 11 is 4.85. The summed E-state index contributed by atoms with van der Waals surface area (Å²) in [5, 5.41) is 7.48. The van der Waals surface area contributed by atoms with E-state index in [2.05, 4.69) is 10.6 Å². The molecule has 2 saturated heterocycles. The van der Waals surface area contributed by atoms with E-state index in [-0.39, 0.29) is 49.4 Å². The number of nitrogens with one attached hydrogen (secondary N) is 2. The molecule has 2 heterocycles. The van der Waals surface area contributed by atoms with Gasteiger partial charge in [-0.05, 0) is 30.7 Å². The number of hydrogen-bond donors (Lipinski definition) is 2. The summed E-state index contributed by atoms with van der Waals surface area (Å²) in [7, 11) is 0. The Bertz CT molecular complexity index is 1090. The van der Waals surface area contributed by atoms with Gasteiger partial charge in [-0.25, -0.2) is 9.18 Å². The van der Waals surface area contributed by atoms with E-state index in [1.807, 2.05) is 0 Å². The minimum absolute atomic E-state index is 0.00829. The number of amides is 2. The van der Waals surface area contributed by atoms with E-state index >= 15 is 0 Å². The van der Waals surface area contributed by atoms with Crippen LogP contribution in [0.15, 0.2) is 42.5 Å². The summed E-state index contributed by atoms with van der Waals surface area (Å²) in [6, 6.07) is 11.6. The van der Waals surface area contributed by atoms with E-state index < -0.39 is 12.2 Å². The fourth-order valence-electron chi connectivity index (χ4n) is 4.33. The molecular weight excluding hydrogens is 457 g/mol. The van der Waals surface area contributed by atoms with Crippen molar-refractivity contribution < 1.29 is 23.5 Å². The Morgan fingerprint density at radius 2 is 2.00 bits per heavy atom. The maximum atomic E-state index is 14.6. The van der Waals surface area contributed by atoms with Gasteiger partial charge in [0.1, 0.15) is 11.9 Å². The van der Waals surface area contributed by atoms with Crippen molar-refractivity contribution in [2.45, 2.75) is 31.3 Å². The lowest BCUT2D eigenvalue weighted by atomic mass is 9.95. The number of Topliss-reactive ketones (excluding diaryl/α,β-unsaturated/α-hetero) is 1. The second-order valence-corrected chi connectivity index (χ2v) is 8.68. The van der Waals surface area contributed by atoms with Gasteiger partial charge in [0.2, 0.25) is 5.91 Å². The number of carbonyl (C=O) groups is 3. The summed E-state index contributed by atoms with van der Waals surface area (Å²) < 4.78 is 20.1. The zero-order chi connectivity index (χ0) is 24.1. The first kappa shape index (κ1) is 24.0. The van der Waals surface area contributed by atoms with E-state index in [0.717, 1.165) is 18.5 Å². The smallest absolute Gasteiger partial charge is 0.414 e. The number of ketones is 1. The van der Waals surface area contributed by atoms with Crippen molar-refractivity contribution >= 4 is 41.1 Å². The molecule has 0 bridgehead atoms. The van der Waals surface area contributed by atoms with Gasteiger partial charge in [0.25, 0.3) is 0 Å². The minimum Gasteiger partial charge on any atom is -0.442 e. The lowest BCUT2D eigenvalue weighted by Gasteiger charge is -2.21. The standard InChI is InChI=1S/C25H26FN3O4S/c26-20-2-1-3-21(24(20)18-10-11-27-12-18)29-14-19(33-25(29)32)13-28-23(31)9-8-22(30)17-6-4-16(15-34)5-7-17/h1-7,15,18-19,27H,8-14H2,(H,28,31)/t18?,19-/m0/s1. The first-order valence-electron chi connectivity index (χ1n) is 11.3. The number of rotatable bonds is 9. The van der Waals surface area contributed by atoms with E-state index in [4.69, 9.17) is 17.0 Å². The van der Waals surface area contributed by atoms with Crippen LogP contribution in [0.5, 0.6) is 0 Å². The van der Waals surface area contributed by atoms with Crippen molar-refractivity contribution in [3.63, 3.8) is 0 Å². The van der Waals surface area contributed by atoms with Gasteiger partial charge in [0.15, 0.2) is 5.78 Å². The molecule has 0 radical (unpaired) electrons. The highest BCUT2D eigenvalue weighted by Gasteiger charge is 2.36. The van der Waals surface area contributed by atoms with Crippen LogP contribution in [0.2, 0.25) is 0 Å². The van der Waals surface area contributed by atoms with Crippen LogP contribution < -0.4 is 15.5 Å². The number of carbonyl (C=O) groups excluding carboxylic acids is 3. The predicted octanol–water partition coefficient (Wildman–Crippen LogP) is 3.35. The van der Waals surface area contributed by atoms with Crippen LogP contribution in [0, 0.1) is 5.82 Å². The van der Waals surface area contributed by atoms with Crippen molar-refractivity contribution in [3.8, 4) is 0 Å². The molecule has 2 amide bonds. The molecule has 4 rings (SSSR count). The quantitative estimate of drug-likeness (QED) is 0.420. The van der Waals surface area contributed by atoms with Gasteiger partial charge in [-0.15, -0.1) is 0 Å². The largest absolute Gasteiger partial charge is 0.442 e. The molecule has 2 aliphatic heterocycles. The van der Waals surface area contributed by atoms with Crippen molar-refractivity contribution in [1.29, 1.82) is 0 Å². The maximum absolute atomic E-state index is 14.6. The van der Waals surface area contributed by atoms with Gasteiger partial charge in [0.05, 0.1) is 18.8 Å². The lowest BCUT2D eigenvalue weighted by molar-refractivity contribution is -0.121. The summed E-state index contributed by atoms with van der Waals surface area (Å²) in [4.78, 5) is 38.5. The highest BCUT2D eigenvalue weighted by molar-refractivity contribution is 7.79. The molecule has 1 unspecified atom stereocenters.